The normalized spacial score (nSPS) is 18.5. The van der Waals surface area contributed by atoms with Gasteiger partial charge < -0.3 is 20.2 Å². The third kappa shape index (κ3) is 3.20. The van der Waals surface area contributed by atoms with E-state index in [1.165, 1.54) is 6.26 Å². The van der Waals surface area contributed by atoms with E-state index in [4.69, 9.17) is 14.9 Å². The Hall–Kier alpha value is -2.14. The van der Waals surface area contributed by atoms with E-state index in [1.807, 2.05) is 26.0 Å². The van der Waals surface area contributed by atoms with Crippen LogP contribution in [0, 0.1) is 0 Å². The van der Waals surface area contributed by atoms with Crippen LogP contribution in [0.2, 0.25) is 0 Å². The number of anilines is 1. The fraction of sp³-hybridized carbons (Fsp3) is 0.312. The van der Waals surface area contributed by atoms with Crippen molar-refractivity contribution in [1.29, 1.82) is 0 Å². The number of benzene rings is 1. The van der Waals surface area contributed by atoms with E-state index in [1.54, 1.807) is 18.2 Å². The summed E-state index contributed by atoms with van der Waals surface area (Å²) in [7, 11) is 0. The fourth-order valence-electron chi connectivity index (χ4n) is 2.64. The van der Waals surface area contributed by atoms with E-state index in [-0.39, 0.29) is 30.0 Å². The van der Waals surface area contributed by atoms with Crippen molar-refractivity contribution in [2.24, 2.45) is 0 Å². The second-order valence-corrected chi connectivity index (χ2v) is 5.87. The monoisotopic (exact) mass is 322 g/mol. The van der Waals surface area contributed by atoms with Crippen LogP contribution < -0.4 is 15.8 Å². The van der Waals surface area contributed by atoms with Gasteiger partial charge in [-0.25, -0.2) is 0 Å². The Morgan fingerprint density at radius 2 is 2.14 bits per heavy atom. The van der Waals surface area contributed by atoms with Crippen molar-refractivity contribution in [2.75, 3.05) is 5.73 Å². The third-order valence-corrected chi connectivity index (χ3v) is 3.54. The van der Waals surface area contributed by atoms with Crippen molar-refractivity contribution < 1.29 is 13.9 Å². The van der Waals surface area contributed by atoms with Crippen LogP contribution in [-0.4, -0.2) is 11.5 Å². The number of rotatable bonds is 2. The molecule has 3 rings (SSSR count). The molecule has 1 atom stereocenters. The Labute approximate surface area is 135 Å². The molecule has 118 valence electrons. The molecule has 2 heterocycles. The van der Waals surface area contributed by atoms with E-state index in [2.05, 4.69) is 5.32 Å². The van der Waals surface area contributed by atoms with E-state index in [9.17, 15) is 4.79 Å². The van der Waals surface area contributed by atoms with Gasteiger partial charge in [0, 0.05) is 17.7 Å². The Morgan fingerprint density at radius 1 is 1.36 bits per heavy atom. The fourth-order valence-corrected chi connectivity index (χ4v) is 2.64. The predicted octanol–water partition coefficient (Wildman–Crippen LogP) is 3.32. The highest BCUT2D eigenvalue weighted by Crippen LogP contribution is 2.40. The smallest absolute Gasteiger partial charge is 0.287 e. The molecule has 0 saturated heterocycles. The number of carbonyl (C=O) groups excluding carboxylic acids is 1. The lowest BCUT2D eigenvalue weighted by atomic mass is 9.89. The number of furan rings is 1. The standard InChI is InChI=1S/C16H18N2O3.ClH/c1-16(2)9-12(18-15(19)14-4-3-7-20-14)11-8-10(17)5-6-13(11)21-16;/h3-8,12H,9,17H2,1-2H3,(H,18,19);1H. The SMILES string of the molecule is CC1(C)CC(NC(=O)c2ccco2)c2cc(N)ccc2O1.Cl. The lowest BCUT2D eigenvalue weighted by molar-refractivity contribution is 0.0612. The number of ether oxygens (including phenoxy) is 1. The Bertz CT molecular complexity index is 668. The number of nitrogen functional groups attached to an aromatic ring is 1. The molecule has 1 unspecified atom stereocenters. The van der Waals surface area contributed by atoms with E-state index < -0.39 is 0 Å². The zero-order valence-corrected chi connectivity index (χ0v) is 13.3. The summed E-state index contributed by atoms with van der Waals surface area (Å²) < 4.78 is 11.1. The molecule has 1 aliphatic rings. The molecule has 0 radical (unpaired) electrons. The van der Waals surface area contributed by atoms with Gasteiger partial charge in [-0.2, -0.15) is 0 Å². The number of hydrogen-bond acceptors (Lipinski definition) is 4. The van der Waals surface area contributed by atoms with Gasteiger partial charge in [0.25, 0.3) is 5.91 Å². The maximum atomic E-state index is 12.2. The Balaban J connectivity index is 0.00000176. The van der Waals surface area contributed by atoms with Crippen LogP contribution in [-0.2, 0) is 0 Å². The largest absolute Gasteiger partial charge is 0.487 e. The molecule has 0 saturated carbocycles. The second-order valence-electron chi connectivity index (χ2n) is 5.87. The van der Waals surface area contributed by atoms with Gasteiger partial charge >= 0.3 is 0 Å². The zero-order valence-electron chi connectivity index (χ0n) is 12.5. The first kappa shape index (κ1) is 16.2. The molecule has 1 aromatic heterocycles. The van der Waals surface area contributed by atoms with E-state index >= 15 is 0 Å². The summed E-state index contributed by atoms with van der Waals surface area (Å²) in [4.78, 5) is 12.2. The maximum absolute atomic E-state index is 12.2. The average molecular weight is 323 g/mol. The molecular formula is C16H19ClN2O3. The van der Waals surface area contributed by atoms with Crippen LogP contribution in [0.3, 0.4) is 0 Å². The van der Waals surface area contributed by atoms with Gasteiger partial charge in [0.1, 0.15) is 11.4 Å². The molecule has 2 aromatic rings. The van der Waals surface area contributed by atoms with Gasteiger partial charge in [0.05, 0.1) is 12.3 Å². The molecule has 0 aliphatic carbocycles. The van der Waals surface area contributed by atoms with Gasteiger partial charge in [0.15, 0.2) is 5.76 Å². The molecule has 22 heavy (non-hydrogen) atoms. The van der Waals surface area contributed by atoms with E-state index in [0.29, 0.717) is 17.9 Å². The molecule has 1 aliphatic heterocycles. The number of amides is 1. The first-order valence-electron chi connectivity index (χ1n) is 6.87. The number of halogens is 1. The molecule has 0 bridgehead atoms. The lowest BCUT2D eigenvalue weighted by Crippen LogP contribution is -2.41. The summed E-state index contributed by atoms with van der Waals surface area (Å²) in [6, 6.07) is 8.65. The minimum Gasteiger partial charge on any atom is -0.487 e. The topological polar surface area (TPSA) is 77.5 Å². The summed E-state index contributed by atoms with van der Waals surface area (Å²) in [5.41, 5.74) is 7.04. The Kier molecular flexibility index (Phi) is 4.37. The third-order valence-electron chi connectivity index (χ3n) is 3.54. The number of fused-ring (bicyclic) bond motifs is 1. The van der Waals surface area contributed by atoms with Gasteiger partial charge in [-0.1, -0.05) is 0 Å². The highest BCUT2D eigenvalue weighted by atomic mass is 35.5. The van der Waals surface area contributed by atoms with Crippen molar-refractivity contribution in [2.45, 2.75) is 31.9 Å². The Morgan fingerprint density at radius 3 is 2.82 bits per heavy atom. The number of nitrogens with two attached hydrogens (primary N) is 1. The molecule has 1 amide bonds. The van der Waals surface area contributed by atoms with Crippen LogP contribution in [0.5, 0.6) is 5.75 Å². The highest BCUT2D eigenvalue weighted by Gasteiger charge is 2.35. The molecular weight excluding hydrogens is 304 g/mol. The van der Waals surface area contributed by atoms with Crippen LogP contribution in [0.4, 0.5) is 5.69 Å². The minimum atomic E-state index is -0.357. The predicted molar refractivity (Wildman–Crippen MR) is 86.3 cm³/mol. The first-order valence-corrected chi connectivity index (χ1v) is 6.87. The summed E-state index contributed by atoms with van der Waals surface area (Å²) >= 11 is 0. The van der Waals surface area contributed by atoms with Crippen molar-refractivity contribution in [1.82, 2.24) is 5.32 Å². The van der Waals surface area contributed by atoms with Crippen molar-refractivity contribution in [3.8, 4) is 5.75 Å². The zero-order chi connectivity index (χ0) is 15.0. The number of hydrogen-bond donors (Lipinski definition) is 2. The molecule has 0 spiro atoms. The summed E-state index contributed by atoms with van der Waals surface area (Å²) in [5.74, 6) is 0.811. The van der Waals surface area contributed by atoms with Gasteiger partial charge in [-0.3, -0.25) is 4.79 Å². The first-order chi connectivity index (χ1) is 9.94. The maximum Gasteiger partial charge on any atom is 0.287 e. The lowest BCUT2D eigenvalue weighted by Gasteiger charge is -2.37. The van der Waals surface area contributed by atoms with Crippen molar-refractivity contribution in [3.63, 3.8) is 0 Å². The van der Waals surface area contributed by atoms with Crippen LogP contribution in [0.15, 0.2) is 41.0 Å². The molecule has 1 aromatic carbocycles. The van der Waals surface area contributed by atoms with Crippen LogP contribution in [0.1, 0.15) is 42.4 Å². The van der Waals surface area contributed by atoms with Crippen LogP contribution >= 0.6 is 12.4 Å². The van der Waals surface area contributed by atoms with Gasteiger partial charge in [-0.05, 0) is 44.2 Å². The molecule has 6 heteroatoms. The second kappa shape index (κ2) is 5.93. The summed E-state index contributed by atoms with van der Waals surface area (Å²) in [5, 5.41) is 2.99. The van der Waals surface area contributed by atoms with Gasteiger partial charge in [0.2, 0.25) is 0 Å². The summed E-state index contributed by atoms with van der Waals surface area (Å²) in [6.07, 6.45) is 2.14. The highest BCUT2D eigenvalue weighted by molar-refractivity contribution is 5.91. The molecule has 3 N–H and O–H groups in total. The molecule has 5 nitrogen and oxygen atoms in total. The summed E-state index contributed by atoms with van der Waals surface area (Å²) in [6.45, 7) is 4.00. The van der Waals surface area contributed by atoms with Crippen molar-refractivity contribution >= 4 is 24.0 Å². The quantitative estimate of drug-likeness (QED) is 0.831. The van der Waals surface area contributed by atoms with Crippen LogP contribution in [0.25, 0.3) is 0 Å². The molecule has 0 fully saturated rings. The minimum absolute atomic E-state index is 0. The number of nitrogens with one attached hydrogen (secondary N) is 1. The van der Waals surface area contributed by atoms with Gasteiger partial charge in [-0.15, -0.1) is 12.4 Å². The van der Waals surface area contributed by atoms with E-state index in [0.717, 1.165) is 11.3 Å². The average Bonchev–Trinajstić information content (AvgIpc) is 2.93. The number of carbonyl (C=O) groups is 1. The van der Waals surface area contributed by atoms with Crippen molar-refractivity contribution in [3.05, 3.63) is 47.9 Å².